The maximum absolute atomic E-state index is 11.7. The summed E-state index contributed by atoms with van der Waals surface area (Å²) < 4.78 is 4.93. The number of hydrogen-bond acceptors (Lipinski definition) is 7. The fourth-order valence-electron chi connectivity index (χ4n) is 1.79. The number of carbonyl (C=O) groups is 1. The van der Waals surface area contributed by atoms with Crippen molar-refractivity contribution in [2.45, 2.75) is 13.8 Å². The average Bonchev–Trinajstić information content (AvgIpc) is 2.79. The minimum atomic E-state index is -0.765. The summed E-state index contributed by atoms with van der Waals surface area (Å²) in [5, 5.41) is 21.7. The van der Waals surface area contributed by atoms with Gasteiger partial charge in [-0.2, -0.15) is 0 Å². The van der Waals surface area contributed by atoms with Crippen LogP contribution in [0.25, 0.3) is 0 Å². The molecule has 0 saturated heterocycles. The van der Waals surface area contributed by atoms with Crippen molar-refractivity contribution in [3.05, 3.63) is 55.8 Å². The molecule has 0 spiro atoms. The Labute approximate surface area is 124 Å². The Morgan fingerprint density at radius 3 is 2.14 bits per heavy atom. The quantitative estimate of drug-likeness (QED) is 0.364. The van der Waals surface area contributed by atoms with Gasteiger partial charge in [0, 0.05) is 12.1 Å². The lowest BCUT2D eigenvalue weighted by Gasteiger charge is -2.00. The highest BCUT2D eigenvalue weighted by atomic mass is 16.6. The standard InChI is InChI=1S/C13H11N3O6/c1-7(2)3-11-13(17)22-12(14-11)8-4-9(15(18)19)6-10(5-8)16(20)21/h3-7H,1-2H3/b11-3-. The monoisotopic (exact) mass is 305 g/mol. The highest BCUT2D eigenvalue weighted by Gasteiger charge is 2.27. The van der Waals surface area contributed by atoms with Gasteiger partial charge >= 0.3 is 5.97 Å². The summed E-state index contributed by atoms with van der Waals surface area (Å²) >= 11 is 0. The second-order valence-corrected chi connectivity index (χ2v) is 4.85. The van der Waals surface area contributed by atoms with E-state index < -0.39 is 27.2 Å². The normalized spacial score (nSPS) is 15.9. The van der Waals surface area contributed by atoms with Gasteiger partial charge in [0.2, 0.25) is 5.90 Å². The maximum Gasteiger partial charge on any atom is 0.363 e. The van der Waals surface area contributed by atoms with E-state index in [-0.39, 0.29) is 23.1 Å². The van der Waals surface area contributed by atoms with Crippen LogP contribution in [0, 0.1) is 26.1 Å². The van der Waals surface area contributed by atoms with Crippen LogP contribution in [0.4, 0.5) is 11.4 Å². The number of nitro benzene ring substituents is 2. The van der Waals surface area contributed by atoms with E-state index in [4.69, 9.17) is 4.74 Å². The Bertz CT molecular complexity index is 703. The van der Waals surface area contributed by atoms with Gasteiger partial charge in [0.1, 0.15) is 5.70 Å². The third-order valence-electron chi connectivity index (χ3n) is 2.68. The topological polar surface area (TPSA) is 125 Å². The number of esters is 1. The molecule has 114 valence electrons. The van der Waals surface area contributed by atoms with Crippen LogP contribution in [0.1, 0.15) is 19.4 Å². The number of carbonyl (C=O) groups excluding carboxylic acids is 1. The number of hydrogen-bond donors (Lipinski definition) is 0. The van der Waals surface area contributed by atoms with Crippen LogP contribution in [-0.4, -0.2) is 21.7 Å². The van der Waals surface area contributed by atoms with Crippen LogP contribution in [0.3, 0.4) is 0 Å². The van der Waals surface area contributed by atoms with Crippen LogP contribution >= 0.6 is 0 Å². The van der Waals surface area contributed by atoms with Gasteiger partial charge in [0.15, 0.2) is 0 Å². The Kier molecular flexibility index (Phi) is 3.97. The van der Waals surface area contributed by atoms with Crippen LogP contribution < -0.4 is 0 Å². The van der Waals surface area contributed by atoms with E-state index in [9.17, 15) is 25.0 Å². The average molecular weight is 305 g/mol. The first kappa shape index (κ1) is 15.3. The van der Waals surface area contributed by atoms with E-state index in [1.165, 1.54) is 0 Å². The van der Waals surface area contributed by atoms with E-state index in [0.29, 0.717) is 0 Å². The number of allylic oxidation sites excluding steroid dienone is 1. The van der Waals surface area contributed by atoms with Crippen LogP contribution in [-0.2, 0) is 9.53 Å². The van der Waals surface area contributed by atoms with Gasteiger partial charge in [0.25, 0.3) is 11.4 Å². The third-order valence-corrected chi connectivity index (χ3v) is 2.68. The fraction of sp³-hybridized carbons (Fsp3) is 0.231. The zero-order valence-electron chi connectivity index (χ0n) is 11.7. The molecule has 1 aliphatic heterocycles. The second-order valence-electron chi connectivity index (χ2n) is 4.85. The highest BCUT2D eigenvalue weighted by molar-refractivity contribution is 6.11. The van der Waals surface area contributed by atoms with Gasteiger partial charge in [-0.1, -0.05) is 13.8 Å². The molecule has 0 fully saturated rings. The molecule has 0 saturated carbocycles. The maximum atomic E-state index is 11.7. The Balaban J connectivity index is 2.51. The Morgan fingerprint density at radius 2 is 1.68 bits per heavy atom. The number of nitrogens with zero attached hydrogens (tertiary/aromatic N) is 3. The van der Waals surface area contributed by atoms with Gasteiger partial charge in [-0.3, -0.25) is 20.2 Å². The summed E-state index contributed by atoms with van der Waals surface area (Å²) in [4.78, 5) is 35.8. The minimum absolute atomic E-state index is 0.00130. The smallest absolute Gasteiger partial charge is 0.363 e. The van der Waals surface area contributed by atoms with Crippen molar-refractivity contribution in [2.24, 2.45) is 10.9 Å². The highest BCUT2D eigenvalue weighted by Crippen LogP contribution is 2.26. The number of aliphatic imine (C=N–C) groups is 1. The molecular formula is C13H11N3O6. The molecule has 1 aromatic carbocycles. The molecule has 0 radical (unpaired) electrons. The third kappa shape index (κ3) is 3.14. The zero-order chi connectivity index (χ0) is 16.4. The molecule has 1 aromatic rings. The largest absolute Gasteiger partial charge is 0.402 e. The van der Waals surface area contributed by atoms with Gasteiger partial charge in [-0.15, -0.1) is 0 Å². The summed E-state index contributed by atoms with van der Waals surface area (Å²) in [6.07, 6.45) is 1.57. The molecule has 0 amide bonds. The number of non-ortho nitro benzene ring substituents is 2. The van der Waals surface area contributed by atoms with Crippen molar-refractivity contribution in [2.75, 3.05) is 0 Å². The summed E-state index contributed by atoms with van der Waals surface area (Å²) in [5.41, 5.74) is -0.894. The SMILES string of the molecule is CC(C)/C=C1\N=C(c2cc([N+](=O)[O-])cc([N+](=O)[O-])c2)OC1=O. The predicted molar refractivity (Wildman–Crippen MR) is 75.3 cm³/mol. The first-order valence-corrected chi connectivity index (χ1v) is 6.25. The molecule has 0 aromatic heterocycles. The molecule has 0 unspecified atom stereocenters. The van der Waals surface area contributed by atoms with Crippen molar-refractivity contribution < 1.29 is 19.4 Å². The lowest BCUT2D eigenvalue weighted by molar-refractivity contribution is -0.394. The first-order chi connectivity index (χ1) is 10.3. The second kappa shape index (κ2) is 5.72. The van der Waals surface area contributed by atoms with Crippen molar-refractivity contribution in [3.63, 3.8) is 0 Å². The number of ether oxygens (including phenoxy) is 1. The summed E-state index contributed by atoms with van der Waals surface area (Å²) in [7, 11) is 0. The van der Waals surface area contributed by atoms with E-state index in [0.717, 1.165) is 18.2 Å². The van der Waals surface area contributed by atoms with Crippen LogP contribution in [0.15, 0.2) is 35.0 Å². The number of nitro groups is 2. The Morgan fingerprint density at radius 1 is 1.14 bits per heavy atom. The van der Waals surface area contributed by atoms with Crippen molar-refractivity contribution >= 4 is 23.2 Å². The molecule has 9 nitrogen and oxygen atoms in total. The van der Waals surface area contributed by atoms with E-state index >= 15 is 0 Å². The van der Waals surface area contributed by atoms with Gasteiger partial charge in [-0.05, 0) is 12.0 Å². The van der Waals surface area contributed by atoms with E-state index in [2.05, 4.69) is 4.99 Å². The van der Waals surface area contributed by atoms with E-state index in [1.807, 2.05) is 13.8 Å². The molecule has 0 bridgehead atoms. The minimum Gasteiger partial charge on any atom is -0.402 e. The fourth-order valence-corrected chi connectivity index (χ4v) is 1.79. The van der Waals surface area contributed by atoms with Gasteiger partial charge in [0.05, 0.1) is 21.5 Å². The lowest BCUT2D eigenvalue weighted by Crippen LogP contribution is -2.07. The summed E-state index contributed by atoms with van der Waals surface area (Å²) in [6, 6.07) is 2.96. The lowest BCUT2D eigenvalue weighted by atomic mass is 10.1. The predicted octanol–water partition coefficient (Wildman–Crippen LogP) is 2.35. The molecule has 9 heteroatoms. The molecule has 22 heavy (non-hydrogen) atoms. The van der Waals surface area contributed by atoms with Gasteiger partial charge in [-0.25, -0.2) is 9.79 Å². The van der Waals surface area contributed by atoms with Crippen molar-refractivity contribution in [1.82, 2.24) is 0 Å². The van der Waals surface area contributed by atoms with Crippen molar-refractivity contribution in [3.8, 4) is 0 Å². The van der Waals surface area contributed by atoms with Crippen LogP contribution in [0.2, 0.25) is 0 Å². The number of cyclic esters (lactones) is 1. The number of benzene rings is 1. The van der Waals surface area contributed by atoms with Crippen molar-refractivity contribution in [1.29, 1.82) is 0 Å². The van der Waals surface area contributed by atoms with E-state index in [1.54, 1.807) is 6.08 Å². The molecular weight excluding hydrogens is 294 g/mol. The van der Waals surface area contributed by atoms with Gasteiger partial charge < -0.3 is 4.74 Å². The first-order valence-electron chi connectivity index (χ1n) is 6.25. The summed E-state index contributed by atoms with van der Waals surface area (Å²) in [5.74, 6) is -0.841. The van der Waals surface area contributed by atoms with Crippen LogP contribution in [0.5, 0.6) is 0 Å². The summed E-state index contributed by atoms with van der Waals surface area (Å²) in [6.45, 7) is 3.68. The zero-order valence-corrected chi connectivity index (χ0v) is 11.7. The molecule has 2 rings (SSSR count). The number of rotatable bonds is 4. The molecule has 0 aliphatic carbocycles. The molecule has 0 atom stereocenters. The molecule has 1 aliphatic rings. The molecule has 1 heterocycles. The molecule has 0 N–H and O–H groups in total. The Hall–Kier alpha value is -3.10.